The summed E-state index contributed by atoms with van der Waals surface area (Å²) >= 11 is 0. The molecule has 0 saturated carbocycles. The van der Waals surface area contributed by atoms with E-state index in [1.54, 1.807) is 31.4 Å². The Labute approximate surface area is 92.3 Å². The first kappa shape index (κ1) is 10.2. The van der Waals surface area contributed by atoms with Crippen molar-refractivity contribution in [3.8, 4) is 5.75 Å². The molecule has 0 saturated heterocycles. The fourth-order valence-electron chi connectivity index (χ4n) is 1.31. The number of benzene rings is 1. The van der Waals surface area contributed by atoms with E-state index in [0.717, 1.165) is 5.01 Å². The molecular formula is C11H10N2O3. The molecule has 1 N–H and O–H groups in total. The van der Waals surface area contributed by atoms with Gasteiger partial charge in [0, 0.05) is 12.2 Å². The summed E-state index contributed by atoms with van der Waals surface area (Å²) in [6.45, 7) is 0. The molecule has 0 bridgehead atoms. The summed E-state index contributed by atoms with van der Waals surface area (Å²) in [5.41, 5.74) is 3.35. The molecule has 0 radical (unpaired) electrons. The van der Waals surface area contributed by atoms with Gasteiger partial charge in [-0.3, -0.25) is 15.0 Å². The van der Waals surface area contributed by atoms with E-state index in [1.165, 1.54) is 12.2 Å². The van der Waals surface area contributed by atoms with Crippen molar-refractivity contribution in [1.82, 2.24) is 5.01 Å². The van der Waals surface area contributed by atoms with Crippen molar-refractivity contribution < 1.29 is 14.3 Å². The Morgan fingerprint density at radius 3 is 2.12 bits per heavy atom. The molecule has 0 unspecified atom stereocenters. The SMILES string of the molecule is COc1ccc(NN2C(=O)C=CC2=O)cc1. The lowest BCUT2D eigenvalue weighted by atomic mass is 10.3. The van der Waals surface area contributed by atoms with Crippen LogP contribution in [0.1, 0.15) is 0 Å². The molecule has 0 aromatic heterocycles. The summed E-state index contributed by atoms with van der Waals surface area (Å²) in [4.78, 5) is 22.5. The van der Waals surface area contributed by atoms with E-state index >= 15 is 0 Å². The van der Waals surface area contributed by atoms with Gasteiger partial charge in [-0.05, 0) is 24.3 Å². The summed E-state index contributed by atoms with van der Waals surface area (Å²) in [6, 6.07) is 6.91. The zero-order chi connectivity index (χ0) is 11.5. The number of anilines is 1. The third-order valence-corrected chi connectivity index (χ3v) is 2.14. The molecule has 5 nitrogen and oxygen atoms in total. The van der Waals surface area contributed by atoms with Gasteiger partial charge in [-0.1, -0.05) is 0 Å². The van der Waals surface area contributed by atoms with Crippen LogP contribution in [-0.4, -0.2) is 23.9 Å². The number of ether oxygens (including phenoxy) is 1. The smallest absolute Gasteiger partial charge is 0.272 e. The molecule has 1 aromatic carbocycles. The van der Waals surface area contributed by atoms with Crippen LogP contribution in [-0.2, 0) is 9.59 Å². The quantitative estimate of drug-likeness (QED) is 0.767. The van der Waals surface area contributed by atoms with Crippen LogP contribution >= 0.6 is 0 Å². The minimum absolute atomic E-state index is 0.374. The Morgan fingerprint density at radius 1 is 1.06 bits per heavy atom. The molecule has 1 heterocycles. The first-order valence-electron chi connectivity index (χ1n) is 4.67. The normalized spacial score (nSPS) is 14.4. The number of nitrogens with one attached hydrogen (secondary N) is 1. The van der Waals surface area contributed by atoms with Crippen molar-refractivity contribution in [3.05, 3.63) is 36.4 Å². The maximum absolute atomic E-state index is 11.2. The molecule has 0 fully saturated rings. The number of hydrogen-bond donors (Lipinski definition) is 1. The molecular weight excluding hydrogens is 208 g/mol. The van der Waals surface area contributed by atoms with Gasteiger partial charge < -0.3 is 4.74 Å². The summed E-state index contributed by atoms with van der Waals surface area (Å²) in [5.74, 6) is -0.0376. The molecule has 82 valence electrons. The first-order chi connectivity index (χ1) is 7.70. The zero-order valence-corrected chi connectivity index (χ0v) is 8.64. The highest BCUT2D eigenvalue weighted by Crippen LogP contribution is 2.16. The number of methoxy groups -OCH3 is 1. The molecule has 1 aromatic rings. The van der Waals surface area contributed by atoms with Crippen molar-refractivity contribution in [2.75, 3.05) is 12.5 Å². The minimum atomic E-state index is -0.374. The average Bonchev–Trinajstić information content (AvgIpc) is 2.62. The van der Waals surface area contributed by atoms with E-state index in [4.69, 9.17) is 4.74 Å². The second-order valence-electron chi connectivity index (χ2n) is 3.19. The van der Waals surface area contributed by atoms with Gasteiger partial charge in [0.25, 0.3) is 11.8 Å². The number of imide groups is 1. The number of carbonyl (C=O) groups is 2. The Hall–Kier alpha value is -2.30. The van der Waals surface area contributed by atoms with Gasteiger partial charge >= 0.3 is 0 Å². The van der Waals surface area contributed by atoms with E-state index in [-0.39, 0.29) is 11.8 Å². The van der Waals surface area contributed by atoms with Gasteiger partial charge in [0.05, 0.1) is 12.8 Å². The van der Waals surface area contributed by atoms with Crippen molar-refractivity contribution in [2.45, 2.75) is 0 Å². The third kappa shape index (κ3) is 1.88. The molecule has 5 heteroatoms. The number of carbonyl (C=O) groups excluding carboxylic acids is 2. The fourth-order valence-corrected chi connectivity index (χ4v) is 1.31. The van der Waals surface area contributed by atoms with Crippen LogP contribution in [0.5, 0.6) is 5.75 Å². The molecule has 0 spiro atoms. The monoisotopic (exact) mass is 218 g/mol. The molecule has 16 heavy (non-hydrogen) atoms. The summed E-state index contributed by atoms with van der Waals surface area (Å²) in [7, 11) is 1.57. The van der Waals surface area contributed by atoms with Crippen LogP contribution in [0, 0.1) is 0 Å². The Balaban J connectivity index is 2.09. The van der Waals surface area contributed by atoms with E-state index in [2.05, 4.69) is 5.43 Å². The Bertz CT molecular complexity index is 433. The lowest BCUT2D eigenvalue weighted by molar-refractivity contribution is -0.135. The summed E-state index contributed by atoms with van der Waals surface area (Å²) in [6.07, 6.45) is 2.44. The zero-order valence-electron chi connectivity index (χ0n) is 8.64. The highest BCUT2D eigenvalue weighted by molar-refractivity contribution is 6.13. The second kappa shape index (κ2) is 4.06. The van der Waals surface area contributed by atoms with Gasteiger partial charge in [0.2, 0.25) is 0 Å². The lowest BCUT2D eigenvalue weighted by Crippen LogP contribution is -2.35. The van der Waals surface area contributed by atoms with Crippen LogP contribution in [0.15, 0.2) is 36.4 Å². The molecule has 2 amide bonds. The maximum atomic E-state index is 11.2. The standard InChI is InChI=1S/C11H10N2O3/c1-16-9-4-2-8(3-5-9)12-13-10(14)6-7-11(13)15/h2-7,12H,1H3. The van der Waals surface area contributed by atoms with Crippen LogP contribution < -0.4 is 10.2 Å². The average molecular weight is 218 g/mol. The van der Waals surface area contributed by atoms with Gasteiger partial charge in [-0.15, -0.1) is 0 Å². The lowest BCUT2D eigenvalue weighted by Gasteiger charge is -2.16. The molecule has 0 atom stereocenters. The Morgan fingerprint density at radius 2 is 1.62 bits per heavy atom. The summed E-state index contributed by atoms with van der Waals surface area (Å²) in [5, 5.41) is 0.946. The molecule has 2 rings (SSSR count). The number of hydrazine groups is 1. The maximum Gasteiger partial charge on any atom is 0.272 e. The Kier molecular flexibility index (Phi) is 2.59. The first-order valence-corrected chi connectivity index (χ1v) is 4.67. The van der Waals surface area contributed by atoms with Crippen molar-refractivity contribution >= 4 is 17.5 Å². The van der Waals surface area contributed by atoms with E-state index in [0.29, 0.717) is 11.4 Å². The van der Waals surface area contributed by atoms with Gasteiger partial charge in [-0.2, -0.15) is 5.01 Å². The number of rotatable bonds is 3. The van der Waals surface area contributed by atoms with Crippen LogP contribution in [0.3, 0.4) is 0 Å². The fraction of sp³-hybridized carbons (Fsp3) is 0.0909. The van der Waals surface area contributed by atoms with Crippen LogP contribution in [0.4, 0.5) is 5.69 Å². The minimum Gasteiger partial charge on any atom is -0.497 e. The molecule has 1 aliphatic heterocycles. The highest BCUT2D eigenvalue weighted by Gasteiger charge is 2.23. The topological polar surface area (TPSA) is 58.6 Å². The van der Waals surface area contributed by atoms with E-state index in [1.807, 2.05) is 0 Å². The summed E-state index contributed by atoms with van der Waals surface area (Å²) < 4.78 is 4.99. The largest absolute Gasteiger partial charge is 0.497 e. The van der Waals surface area contributed by atoms with Gasteiger partial charge in [0.1, 0.15) is 5.75 Å². The van der Waals surface area contributed by atoms with Gasteiger partial charge in [0.15, 0.2) is 0 Å². The van der Waals surface area contributed by atoms with Crippen LogP contribution in [0.2, 0.25) is 0 Å². The van der Waals surface area contributed by atoms with Crippen molar-refractivity contribution in [2.24, 2.45) is 0 Å². The van der Waals surface area contributed by atoms with Crippen molar-refractivity contribution in [1.29, 1.82) is 0 Å². The second-order valence-corrected chi connectivity index (χ2v) is 3.19. The van der Waals surface area contributed by atoms with Crippen LogP contribution in [0.25, 0.3) is 0 Å². The molecule has 1 aliphatic rings. The number of amides is 2. The van der Waals surface area contributed by atoms with E-state index in [9.17, 15) is 9.59 Å². The predicted molar refractivity (Wildman–Crippen MR) is 57.6 cm³/mol. The number of nitrogens with zero attached hydrogens (tertiary/aromatic N) is 1. The third-order valence-electron chi connectivity index (χ3n) is 2.14. The predicted octanol–water partition coefficient (Wildman–Crippen LogP) is 0.947. The van der Waals surface area contributed by atoms with E-state index < -0.39 is 0 Å². The highest BCUT2D eigenvalue weighted by atomic mass is 16.5. The van der Waals surface area contributed by atoms with Gasteiger partial charge in [-0.25, -0.2) is 0 Å². The number of hydrogen-bond acceptors (Lipinski definition) is 4. The molecule has 0 aliphatic carbocycles. The van der Waals surface area contributed by atoms with Crippen molar-refractivity contribution in [3.63, 3.8) is 0 Å².